The predicted molar refractivity (Wildman–Crippen MR) is 81.1 cm³/mol. The van der Waals surface area contributed by atoms with Gasteiger partial charge in [0.05, 0.1) is 17.7 Å². The molecular formula is C15H11ClF2N4O. The van der Waals surface area contributed by atoms with Crippen molar-refractivity contribution in [2.75, 3.05) is 7.11 Å². The van der Waals surface area contributed by atoms with Gasteiger partial charge in [0.15, 0.2) is 11.6 Å². The molecule has 0 aliphatic carbocycles. The maximum atomic E-state index is 13.9. The van der Waals surface area contributed by atoms with Crippen LogP contribution in [0.5, 0.6) is 5.88 Å². The Morgan fingerprint density at radius 1 is 1.04 bits per heavy atom. The van der Waals surface area contributed by atoms with E-state index in [0.717, 1.165) is 12.1 Å². The normalized spacial score (nSPS) is 10.8. The summed E-state index contributed by atoms with van der Waals surface area (Å²) in [4.78, 5) is 4.21. The van der Waals surface area contributed by atoms with Crippen LogP contribution in [0.2, 0.25) is 5.02 Å². The van der Waals surface area contributed by atoms with Crippen molar-refractivity contribution in [1.82, 2.24) is 19.7 Å². The zero-order valence-electron chi connectivity index (χ0n) is 12.2. The van der Waals surface area contributed by atoms with Crippen molar-refractivity contribution < 1.29 is 13.5 Å². The van der Waals surface area contributed by atoms with Crippen LogP contribution in [-0.4, -0.2) is 26.9 Å². The number of ether oxygens (including phenoxy) is 1. The van der Waals surface area contributed by atoms with Crippen molar-refractivity contribution in [2.24, 2.45) is 7.05 Å². The van der Waals surface area contributed by atoms with Gasteiger partial charge >= 0.3 is 0 Å². The van der Waals surface area contributed by atoms with E-state index in [4.69, 9.17) is 16.3 Å². The molecule has 3 aromatic rings. The van der Waals surface area contributed by atoms with E-state index in [1.807, 2.05) is 0 Å². The van der Waals surface area contributed by atoms with Crippen LogP contribution in [0, 0.1) is 11.6 Å². The maximum absolute atomic E-state index is 13.9. The lowest BCUT2D eigenvalue weighted by Crippen LogP contribution is -2.01. The molecule has 0 bridgehead atoms. The fourth-order valence-corrected chi connectivity index (χ4v) is 2.35. The highest BCUT2D eigenvalue weighted by Crippen LogP contribution is 2.30. The first-order valence-electron chi connectivity index (χ1n) is 6.57. The highest BCUT2D eigenvalue weighted by atomic mass is 35.5. The third kappa shape index (κ3) is 2.63. The summed E-state index contributed by atoms with van der Waals surface area (Å²) in [5.41, 5.74) is 0.0526. The summed E-state index contributed by atoms with van der Waals surface area (Å²) in [5, 5.41) is 8.15. The zero-order chi connectivity index (χ0) is 16.6. The van der Waals surface area contributed by atoms with E-state index in [-0.39, 0.29) is 17.2 Å². The fourth-order valence-electron chi connectivity index (χ4n) is 2.16. The first-order chi connectivity index (χ1) is 11.0. The van der Waals surface area contributed by atoms with Gasteiger partial charge in [-0.05, 0) is 18.2 Å². The van der Waals surface area contributed by atoms with Crippen LogP contribution < -0.4 is 4.74 Å². The number of methoxy groups -OCH3 is 1. The summed E-state index contributed by atoms with van der Waals surface area (Å²) in [7, 11) is 3.05. The van der Waals surface area contributed by atoms with Gasteiger partial charge in [-0.25, -0.2) is 13.8 Å². The number of benzene rings is 1. The Balaban J connectivity index is 2.17. The summed E-state index contributed by atoms with van der Waals surface area (Å²) in [5.74, 6) is -0.803. The second-order valence-corrected chi connectivity index (χ2v) is 5.09. The molecule has 3 rings (SSSR count). The smallest absolute Gasteiger partial charge is 0.213 e. The van der Waals surface area contributed by atoms with Gasteiger partial charge in [-0.2, -0.15) is 0 Å². The van der Waals surface area contributed by atoms with Crippen LogP contribution in [0.1, 0.15) is 0 Å². The standard InChI is InChI=1S/C15H11ClF2N4O/c1-22-14(12-9(17)4-3-5-10(12)18)20-21-15(22)13-8(16)6-7-11(19-13)23-2/h3-7H,1-2H3. The first-order valence-corrected chi connectivity index (χ1v) is 6.95. The molecule has 0 unspecified atom stereocenters. The van der Waals surface area contributed by atoms with Gasteiger partial charge in [-0.1, -0.05) is 17.7 Å². The maximum Gasteiger partial charge on any atom is 0.213 e. The second-order valence-electron chi connectivity index (χ2n) is 4.69. The Morgan fingerprint density at radius 3 is 2.35 bits per heavy atom. The van der Waals surface area contributed by atoms with Crippen molar-refractivity contribution in [3.63, 3.8) is 0 Å². The quantitative estimate of drug-likeness (QED) is 0.734. The molecule has 5 nitrogen and oxygen atoms in total. The number of rotatable bonds is 3. The summed E-state index contributed by atoms with van der Waals surface area (Å²) >= 11 is 6.13. The van der Waals surface area contributed by atoms with E-state index < -0.39 is 11.6 Å². The van der Waals surface area contributed by atoms with Gasteiger partial charge in [-0.15, -0.1) is 10.2 Å². The molecule has 0 N–H and O–H groups in total. The highest BCUT2D eigenvalue weighted by molar-refractivity contribution is 6.32. The molecule has 0 radical (unpaired) electrons. The number of hydrogen-bond acceptors (Lipinski definition) is 4. The molecule has 0 atom stereocenters. The predicted octanol–water partition coefficient (Wildman–Crippen LogP) is 3.48. The van der Waals surface area contributed by atoms with E-state index in [1.165, 1.54) is 17.7 Å². The van der Waals surface area contributed by atoms with Crippen LogP contribution in [0.15, 0.2) is 30.3 Å². The SMILES string of the molecule is COc1ccc(Cl)c(-c2nnc(-c3c(F)cccc3F)n2C)n1. The van der Waals surface area contributed by atoms with Crippen LogP contribution in [0.4, 0.5) is 8.78 Å². The van der Waals surface area contributed by atoms with Crippen LogP contribution in [0.25, 0.3) is 22.9 Å². The van der Waals surface area contributed by atoms with E-state index in [2.05, 4.69) is 15.2 Å². The molecule has 0 amide bonds. The van der Waals surface area contributed by atoms with Gasteiger partial charge < -0.3 is 9.30 Å². The van der Waals surface area contributed by atoms with Gasteiger partial charge in [0.2, 0.25) is 5.88 Å². The topological polar surface area (TPSA) is 52.8 Å². The molecule has 0 saturated heterocycles. The average molecular weight is 337 g/mol. The molecule has 2 heterocycles. The average Bonchev–Trinajstić information content (AvgIpc) is 2.89. The minimum Gasteiger partial charge on any atom is -0.481 e. The zero-order valence-corrected chi connectivity index (χ0v) is 13.0. The van der Waals surface area contributed by atoms with Gasteiger partial charge in [-0.3, -0.25) is 0 Å². The number of nitrogens with zero attached hydrogens (tertiary/aromatic N) is 4. The molecule has 8 heteroatoms. The number of hydrogen-bond donors (Lipinski definition) is 0. The van der Waals surface area contributed by atoms with Crippen molar-refractivity contribution >= 4 is 11.6 Å². The number of halogens is 3. The Labute approximate surface area is 135 Å². The molecule has 23 heavy (non-hydrogen) atoms. The molecule has 0 aliphatic heterocycles. The number of pyridine rings is 1. The summed E-state index contributed by atoms with van der Waals surface area (Å²) in [6.07, 6.45) is 0. The van der Waals surface area contributed by atoms with Crippen molar-refractivity contribution in [2.45, 2.75) is 0 Å². The fraction of sp³-hybridized carbons (Fsp3) is 0.133. The van der Waals surface area contributed by atoms with E-state index in [9.17, 15) is 8.78 Å². The van der Waals surface area contributed by atoms with Crippen molar-refractivity contribution in [1.29, 1.82) is 0 Å². The Kier molecular flexibility index (Phi) is 3.96. The summed E-state index contributed by atoms with van der Waals surface area (Å²) in [6, 6.07) is 6.79. The Bertz CT molecular complexity index is 862. The highest BCUT2D eigenvalue weighted by Gasteiger charge is 2.21. The Hall–Kier alpha value is -2.54. The van der Waals surface area contributed by atoms with Crippen molar-refractivity contribution in [3.8, 4) is 28.8 Å². The summed E-state index contributed by atoms with van der Waals surface area (Å²) < 4.78 is 34.4. The molecule has 0 spiro atoms. The van der Waals surface area contributed by atoms with E-state index in [1.54, 1.807) is 19.2 Å². The lowest BCUT2D eigenvalue weighted by atomic mass is 10.2. The molecule has 0 saturated carbocycles. The van der Waals surface area contributed by atoms with Gasteiger partial charge in [0.1, 0.15) is 17.3 Å². The molecule has 0 fully saturated rings. The molecule has 2 aromatic heterocycles. The third-order valence-electron chi connectivity index (χ3n) is 3.30. The van der Waals surface area contributed by atoms with E-state index >= 15 is 0 Å². The van der Waals surface area contributed by atoms with Gasteiger partial charge in [0, 0.05) is 13.1 Å². The molecule has 0 aliphatic rings. The molecule has 1 aromatic carbocycles. The third-order valence-corrected chi connectivity index (χ3v) is 3.61. The monoisotopic (exact) mass is 336 g/mol. The van der Waals surface area contributed by atoms with Gasteiger partial charge in [0.25, 0.3) is 0 Å². The first kappa shape index (κ1) is 15.4. The van der Waals surface area contributed by atoms with Crippen molar-refractivity contribution in [3.05, 3.63) is 47.0 Å². The molecular weight excluding hydrogens is 326 g/mol. The minimum absolute atomic E-state index is 0.0382. The van der Waals surface area contributed by atoms with Crippen LogP contribution in [-0.2, 0) is 7.05 Å². The largest absolute Gasteiger partial charge is 0.481 e. The van der Waals surface area contributed by atoms with Crippen LogP contribution >= 0.6 is 11.6 Å². The Morgan fingerprint density at radius 2 is 1.70 bits per heavy atom. The summed E-state index contributed by atoms with van der Waals surface area (Å²) in [6.45, 7) is 0. The lowest BCUT2D eigenvalue weighted by Gasteiger charge is -2.07. The van der Waals surface area contributed by atoms with Crippen LogP contribution in [0.3, 0.4) is 0 Å². The second kappa shape index (κ2) is 5.92. The lowest BCUT2D eigenvalue weighted by molar-refractivity contribution is 0.398. The minimum atomic E-state index is -0.725. The van der Waals surface area contributed by atoms with E-state index in [0.29, 0.717) is 16.6 Å². The molecule has 118 valence electrons. The number of aromatic nitrogens is 4.